The standard InChI is InChI=1S/C13H15N3O3/c1-4-9-10(6-5-8(2)16-9)19-13-11(18-3)12(17)14-7-15-13/h5-7H,4H2,1-3H3,(H,14,15,17). The highest BCUT2D eigenvalue weighted by atomic mass is 16.5. The topological polar surface area (TPSA) is 77.1 Å². The Hall–Kier alpha value is -2.37. The minimum atomic E-state index is -0.384. The molecule has 0 saturated carbocycles. The van der Waals surface area contributed by atoms with Crippen molar-refractivity contribution in [3.63, 3.8) is 0 Å². The number of ether oxygens (including phenoxy) is 2. The Bertz CT molecular complexity index is 637. The van der Waals surface area contributed by atoms with Gasteiger partial charge in [0.15, 0.2) is 5.75 Å². The van der Waals surface area contributed by atoms with Crippen LogP contribution in [0, 0.1) is 6.92 Å². The van der Waals surface area contributed by atoms with E-state index in [2.05, 4.69) is 15.0 Å². The molecule has 6 heteroatoms. The highest BCUT2D eigenvalue weighted by molar-refractivity contribution is 5.37. The molecule has 0 unspecified atom stereocenters. The van der Waals surface area contributed by atoms with Gasteiger partial charge in [0.1, 0.15) is 0 Å². The SMILES string of the molecule is CCc1nc(C)ccc1Oc1nc[nH]c(=O)c1OC. The van der Waals surface area contributed by atoms with Crippen molar-refractivity contribution < 1.29 is 9.47 Å². The van der Waals surface area contributed by atoms with E-state index < -0.39 is 0 Å². The van der Waals surface area contributed by atoms with Crippen molar-refractivity contribution in [2.75, 3.05) is 7.11 Å². The summed E-state index contributed by atoms with van der Waals surface area (Å²) in [6, 6.07) is 3.65. The van der Waals surface area contributed by atoms with Crippen molar-refractivity contribution in [3.05, 3.63) is 40.2 Å². The molecular weight excluding hydrogens is 246 g/mol. The fraction of sp³-hybridized carbons (Fsp3) is 0.308. The van der Waals surface area contributed by atoms with Crippen molar-refractivity contribution in [1.29, 1.82) is 0 Å². The van der Waals surface area contributed by atoms with Crippen LogP contribution in [0.3, 0.4) is 0 Å². The quantitative estimate of drug-likeness (QED) is 0.908. The number of aromatic amines is 1. The van der Waals surface area contributed by atoms with Gasteiger partial charge in [-0.05, 0) is 25.5 Å². The number of aryl methyl sites for hydroxylation is 2. The van der Waals surface area contributed by atoms with Gasteiger partial charge in [-0.2, -0.15) is 0 Å². The van der Waals surface area contributed by atoms with E-state index in [-0.39, 0.29) is 17.2 Å². The van der Waals surface area contributed by atoms with Gasteiger partial charge in [-0.1, -0.05) is 6.92 Å². The Kier molecular flexibility index (Phi) is 3.79. The Morgan fingerprint density at radius 3 is 2.84 bits per heavy atom. The fourth-order valence-electron chi connectivity index (χ4n) is 1.67. The number of methoxy groups -OCH3 is 1. The van der Waals surface area contributed by atoms with Gasteiger partial charge in [0.25, 0.3) is 11.4 Å². The summed E-state index contributed by atoms with van der Waals surface area (Å²) >= 11 is 0. The number of rotatable bonds is 4. The summed E-state index contributed by atoms with van der Waals surface area (Å²) in [6.45, 7) is 3.89. The highest BCUT2D eigenvalue weighted by Gasteiger charge is 2.13. The molecule has 0 aliphatic heterocycles. The molecule has 2 aromatic heterocycles. The number of hydrogen-bond acceptors (Lipinski definition) is 5. The van der Waals surface area contributed by atoms with E-state index in [0.29, 0.717) is 5.75 Å². The molecule has 0 aromatic carbocycles. The Labute approximate surface area is 110 Å². The molecule has 100 valence electrons. The van der Waals surface area contributed by atoms with Crippen LogP contribution in [-0.2, 0) is 6.42 Å². The van der Waals surface area contributed by atoms with Gasteiger partial charge in [0, 0.05) is 5.69 Å². The number of nitrogens with one attached hydrogen (secondary N) is 1. The maximum atomic E-state index is 11.6. The first-order valence-electron chi connectivity index (χ1n) is 5.91. The minimum Gasteiger partial charge on any atom is -0.487 e. The lowest BCUT2D eigenvalue weighted by atomic mass is 10.2. The van der Waals surface area contributed by atoms with Crippen molar-refractivity contribution in [2.45, 2.75) is 20.3 Å². The van der Waals surface area contributed by atoms with Crippen LogP contribution in [0.4, 0.5) is 0 Å². The average molecular weight is 261 g/mol. The van der Waals surface area contributed by atoms with E-state index >= 15 is 0 Å². The first kappa shape index (κ1) is 13.1. The van der Waals surface area contributed by atoms with E-state index in [1.165, 1.54) is 13.4 Å². The zero-order chi connectivity index (χ0) is 13.8. The molecule has 1 N–H and O–H groups in total. The molecule has 19 heavy (non-hydrogen) atoms. The summed E-state index contributed by atoms with van der Waals surface area (Å²) in [5.74, 6) is 0.751. The van der Waals surface area contributed by atoms with Crippen LogP contribution in [-0.4, -0.2) is 22.1 Å². The van der Waals surface area contributed by atoms with E-state index in [0.717, 1.165) is 17.8 Å². The third kappa shape index (κ3) is 2.73. The maximum Gasteiger partial charge on any atom is 0.297 e. The predicted octanol–water partition coefficient (Wildman–Crippen LogP) is 1.84. The number of nitrogens with zero attached hydrogens (tertiary/aromatic N) is 2. The van der Waals surface area contributed by atoms with Crippen LogP contribution in [0.2, 0.25) is 0 Å². The molecular formula is C13H15N3O3. The number of hydrogen-bond donors (Lipinski definition) is 1. The van der Waals surface area contributed by atoms with E-state index in [1.807, 2.05) is 26.0 Å². The lowest BCUT2D eigenvalue weighted by Crippen LogP contribution is -2.11. The summed E-state index contributed by atoms with van der Waals surface area (Å²) in [6.07, 6.45) is 2.00. The van der Waals surface area contributed by atoms with Gasteiger partial charge in [-0.3, -0.25) is 9.78 Å². The molecule has 0 aliphatic carbocycles. The maximum absolute atomic E-state index is 11.6. The summed E-state index contributed by atoms with van der Waals surface area (Å²) in [5.41, 5.74) is 1.34. The molecule has 2 aromatic rings. The Morgan fingerprint density at radius 2 is 2.16 bits per heavy atom. The number of aromatic nitrogens is 3. The average Bonchev–Trinajstić information content (AvgIpc) is 2.41. The minimum absolute atomic E-state index is 0.0464. The summed E-state index contributed by atoms with van der Waals surface area (Å²) < 4.78 is 10.6. The monoisotopic (exact) mass is 261 g/mol. The summed E-state index contributed by atoms with van der Waals surface area (Å²) in [4.78, 5) is 22.3. The molecule has 6 nitrogen and oxygen atoms in total. The zero-order valence-corrected chi connectivity index (χ0v) is 11.1. The second kappa shape index (κ2) is 5.51. The fourth-order valence-corrected chi connectivity index (χ4v) is 1.67. The summed E-state index contributed by atoms with van der Waals surface area (Å²) in [5, 5.41) is 0. The molecule has 0 fully saturated rings. The lowest BCUT2D eigenvalue weighted by Gasteiger charge is -2.10. The van der Waals surface area contributed by atoms with Crippen LogP contribution in [0.25, 0.3) is 0 Å². The van der Waals surface area contributed by atoms with Gasteiger partial charge in [-0.15, -0.1) is 0 Å². The molecule has 0 radical (unpaired) electrons. The number of pyridine rings is 1. The van der Waals surface area contributed by atoms with E-state index in [9.17, 15) is 4.79 Å². The van der Waals surface area contributed by atoms with E-state index in [1.54, 1.807) is 0 Å². The van der Waals surface area contributed by atoms with Crippen LogP contribution in [0.15, 0.2) is 23.3 Å². The third-order valence-corrected chi connectivity index (χ3v) is 2.60. The lowest BCUT2D eigenvalue weighted by molar-refractivity contribution is 0.361. The molecule has 2 rings (SSSR count). The predicted molar refractivity (Wildman–Crippen MR) is 69.8 cm³/mol. The van der Waals surface area contributed by atoms with Crippen LogP contribution >= 0.6 is 0 Å². The molecule has 2 heterocycles. The highest BCUT2D eigenvalue weighted by Crippen LogP contribution is 2.27. The van der Waals surface area contributed by atoms with Crippen molar-refractivity contribution in [3.8, 4) is 17.4 Å². The second-order valence-electron chi connectivity index (χ2n) is 3.92. The van der Waals surface area contributed by atoms with Crippen molar-refractivity contribution >= 4 is 0 Å². The van der Waals surface area contributed by atoms with Crippen molar-refractivity contribution in [1.82, 2.24) is 15.0 Å². The van der Waals surface area contributed by atoms with Crippen LogP contribution in [0.5, 0.6) is 17.4 Å². The number of H-pyrrole nitrogens is 1. The Balaban J connectivity index is 2.42. The van der Waals surface area contributed by atoms with Crippen LogP contribution < -0.4 is 15.0 Å². The molecule has 0 bridgehead atoms. The molecule has 0 saturated heterocycles. The van der Waals surface area contributed by atoms with E-state index in [4.69, 9.17) is 9.47 Å². The molecule has 0 spiro atoms. The van der Waals surface area contributed by atoms with Gasteiger partial charge >= 0.3 is 0 Å². The summed E-state index contributed by atoms with van der Waals surface area (Å²) in [7, 11) is 1.40. The second-order valence-corrected chi connectivity index (χ2v) is 3.92. The molecule has 0 atom stereocenters. The van der Waals surface area contributed by atoms with Crippen molar-refractivity contribution in [2.24, 2.45) is 0 Å². The third-order valence-electron chi connectivity index (χ3n) is 2.60. The van der Waals surface area contributed by atoms with Gasteiger partial charge in [0.05, 0.1) is 19.1 Å². The zero-order valence-electron chi connectivity index (χ0n) is 11.1. The van der Waals surface area contributed by atoms with Gasteiger partial charge in [0.2, 0.25) is 5.75 Å². The normalized spacial score (nSPS) is 10.3. The van der Waals surface area contributed by atoms with Gasteiger partial charge < -0.3 is 14.5 Å². The molecule has 0 amide bonds. The molecule has 0 aliphatic rings. The van der Waals surface area contributed by atoms with Gasteiger partial charge in [-0.25, -0.2) is 4.98 Å². The Morgan fingerprint density at radius 1 is 1.37 bits per heavy atom. The first-order chi connectivity index (χ1) is 9.15. The largest absolute Gasteiger partial charge is 0.487 e. The van der Waals surface area contributed by atoms with Crippen LogP contribution in [0.1, 0.15) is 18.3 Å². The first-order valence-corrected chi connectivity index (χ1v) is 5.91. The smallest absolute Gasteiger partial charge is 0.297 e.